The number of oxazole rings is 1. The highest BCUT2D eigenvalue weighted by Gasteiger charge is 2.14. The lowest BCUT2D eigenvalue weighted by atomic mass is 9.87. The number of rotatable bonds is 3. The van der Waals surface area contributed by atoms with E-state index in [-0.39, 0.29) is 11.3 Å². The normalized spacial score (nSPS) is 12.8. The van der Waals surface area contributed by atoms with E-state index in [1.807, 2.05) is 30.3 Å². The highest BCUT2D eigenvalue weighted by Crippen LogP contribution is 2.29. The van der Waals surface area contributed by atoms with Gasteiger partial charge in [0.15, 0.2) is 5.58 Å². The molecule has 0 fully saturated rings. The summed E-state index contributed by atoms with van der Waals surface area (Å²) in [6.45, 7) is 6.57. The number of hydrogen-bond acceptors (Lipinski definition) is 3. The lowest BCUT2D eigenvalue weighted by Gasteiger charge is -2.18. The molecule has 0 aliphatic heterocycles. The zero-order chi connectivity index (χ0) is 17.3. The molecule has 3 rings (SSSR count). The summed E-state index contributed by atoms with van der Waals surface area (Å²) in [7, 11) is 0. The number of benzene rings is 2. The molecule has 0 bridgehead atoms. The minimum Gasteiger partial charge on any atom is -0.436 e. The summed E-state index contributed by atoms with van der Waals surface area (Å²) in [6.07, 6.45) is 0. The minimum atomic E-state index is 0.120. The van der Waals surface area contributed by atoms with Gasteiger partial charge in [-0.25, -0.2) is 9.98 Å². The van der Waals surface area contributed by atoms with Crippen molar-refractivity contribution in [2.45, 2.75) is 26.2 Å². The predicted molar refractivity (Wildman–Crippen MR) is 100 cm³/mol. The van der Waals surface area contributed by atoms with E-state index in [4.69, 9.17) is 21.8 Å². The van der Waals surface area contributed by atoms with Crippen LogP contribution in [0.25, 0.3) is 22.6 Å². The summed E-state index contributed by atoms with van der Waals surface area (Å²) in [6, 6.07) is 13.8. The number of nitrogens with two attached hydrogens (primary N) is 1. The summed E-state index contributed by atoms with van der Waals surface area (Å²) < 4.78 is 5.88. The molecule has 1 heterocycles. The van der Waals surface area contributed by atoms with Gasteiger partial charge < -0.3 is 10.2 Å². The molecule has 24 heavy (non-hydrogen) atoms. The Morgan fingerprint density at radius 3 is 2.50 bits per heavy atom. The number of fused-ring (bicyclic) bond motifs is 1. The zero-order valence-corrected chi connectivity index (χ0v) is 14.8. The lowest BCUT2D eigenvalue weighted by Crippen LogP contribution is -2.12. The van der Waals surface area contributed by atoms with E-state index < -0.39 is 0 Å². The Kier molecular flexibility index (Phi) is 4.33. The Morgan fingerprint density at radius 1 is 1.17 bits per heavy atom. The number of hydrogen-bond donors (Lipinski definition) is 1. The predicted octanol–water partition coefficient (Wildman–Crippen LogP) is 5.02. The second kappa shape index (κ2) is 6.29. The topological polar surface area (TPSA) is 64.4 Å². The molecule has 5 heteroatoms. The van der Waals surface area contributed by atoms with Crippen LogP contribution in [0.4, 0.5) is 5.69 Å². The van der Waals surface area contributed by atoms with Crippen LogP contribution in [-0.2, 0) is 5.41 Å². The van der Waals surface area contributed by atoms with Gasteiger partial charge >= 0.3 is 0 Å². The lowest BCUT2D eigenvalue weighted by molar-refractivity contribution is 0.589. The van der Waals surface area contributed by atoms with Crippen LogP contribution in [0.3, 0.4) is 0 Å². The van der Waals surface area contributed by atoms with Gasteiger partial charge in [0.25, 0.3) is 0 Å². The Hall–Kier alpha value is -2.33. The first-order valence-corrected chi connectivity index (χ1v) is 8.31. The zero-order valence-electron chi connectivity index (χ0n) is 14.0. The maximum atomic E-state index is 5.88. The largest absolute Gasteiger partial charge is 0.436 e. The van der Waals surface area contributed by atoms with Crippen molar-refractivity contribution in [3.8, 4) is 11.5 Å². The summed E-state index contributed by atoms with van der Waals surface area (Å²) >= 11 is 5.66. The maximum Gasteiger partial charge on any atom is 0.227 e. The third-order valence-corrected chi connectivity index (χ3v) is 4.05. The monoisotopic (exact) mass is 341 g/mol. The standard InChI is InChI=1S/C19H20ClN3O/c1-19(2,3)13-6-4-12(5-7-13)18-23-15-9-8-14(10-16(15)24-18)22-17(21)11-20/h4-10H,11H2,1-3H3,(H2,21,22). The van der Waals surface area contributed by atoms with Crippen LogP contribution in [0.15, 0.2) is 51.9 Å². The molecule has 0 spiro atoms. The fourth-order valence-electron chi connectivity index (χ4n) is 2.41. The SMILES string of the molecule is CC(C)(C)c1ccc(-c2nc3ccc(N=C(N)CCl)cc3o2)cc1. The molecule has 2 aromatic carbocycles. The molecular weight excluding hydrogens is 322 g/mol. The number of alkyl halides is 1. The van der Waals surface area contributed by atoms with Crippen molar-refractivity contribution >= 4 is 34.2 Å². The number of nitrogens with zero attached hydrogens (tertiary/aromatic N) is 2. The van der Waals surface area contributed by atoms with E-state index in [2.05, 4.69) is 42.9 Å². The average Bonchev–Trinajstić information content (AvgIpc) is 2.97. The Labute approximate surface area is 146 Å². The second-order valence-corrected chi connectivity index (χ2v) is 7.00. The van der Waals surface area contributed by atoms with Crippen LogP contribution in [0.2, 0.25) is 0 Å². The first-order chi connectivity index (χ1) is 11.4. The molecule has 0 atom stereocenters. The van der Waals surface area contributed by atoms with Gasteiger partial charge in [0, 0.05) is 11.6 Å². The molecule has 4 nitrogen and oxygen atoms in total. The molecule has 2 N–H and O–H groups in total. The van der Waals surface area contributed by atoms with Gasteiger partial charge in [-0.1, -0.05) is 32.9 Å². The quantitative estimate of drug-likeness (QED) is 0.413. The van der Waals surface area contributed by atoms with Crippen LogP contribution in [0, 0.1) is 0 Å². The summed E-state index contributed by atoms with van der Waals surface area (Å²) in [5, 5.41) is 0. The first kappa shape index (κ1) is 16.5. The highest BCUT2D eigenvalue weighted by molar-refractivity contribution is 6.28. The van der Waals surface area contributed by atoms with E-state index in [0.29, 0.717) is 23.0 Å². The fourth-order valence-corrected chi connectivity index (χ4v) is 2.47. The third kappa shape index (κ3) is 3.44. The van der Waals surface area contributed by atoms with E-state index in [1.165, 1.54) is 5.56 Å². The molecule has 0 saturated carbocycles. The Bertz CT molecular complexity index is 889. The van der Waals surface area contributed by atoms with Crippen molar-refractivity contribution in [2.24, 2.45) is 10.7 Å². The molecule has 0 aliphatic carbocycles. The Morgan fingerprint density at radius 2 is 1.88 bits per heavy atom. The molecule has 0 amide bonds. The molecule has 3 aromatic rings. The number of aliphatic imine (C=N–C) groups is 1. The van der Waals surface area contributed by atoms with Gasteiger partial charge in [-0.05, 0) is 35.2 Å². The van der Waals surface area contributed by atoms with Crippen LogP contribution >= 0.6 is 11.6 Å². The van der Waals surface area contributed by atoms with Gasteiger partial charge in [-0.15, -0.1) is 11.6 Å². The molecular formula is C19H20ClN3O. The molecule has 0 saturated heterocycles. The molecule has 1 aromatic heterocycles. The molecule has 0 aliphatic rings. The number of aromatic nitrogens is 1. The maximum absolute atomic E-state index is 5.88. The minimum absolute atomic E-state index is 0.120. The van der Waals surface area contributed by atoms with E-state index in [0.717, 1.165) is 11.1 Å². The van der Waals surface area contributed by atoms with Gasteiger partial charge in [0.05, 0.1) is 11.6 Å². The number of halogens is 1. The van der Waals surface area contributed by atoms with Crippen molar-refractivity contribution in [2.75, 3.05) is 5.88 Å². The van der Waals surface area contributed by atoms with E-state index in [1.54, 1.807) is 0 Å². The van der Waals surface area contributed by atoms with E-state index in [9.17, 15) is 0 Å². The van der Waals surface area contributed by atoms with Crippen molar-refractivity contribution in [3.05, 3.63) is 48.0 Å². The Balaban J connectivity index is 1.96. The summed E-state index contributed by atoms with van der Waals surface area (Å²) in [4.78, 5) is 8.77. The van der Waals surface area contributed by atoms with Gasteiger partial charge in [0.1, 0.15) is 11.4 Å². The van der Waals surface area contributed by atoms with Crippen LogP contribution in [-0.4, -0.2) is 16.7 Å². The highest BCUT2D eigenvalue weighted by atomic mass is 35.5. The summed E-state index contributed by atoms with van der Waals surface area (Å²) in [5.41, 5.74) is 10.2. The van der Waals surface area contributed by atoms with Crippen LogP contribution in [0.1, 0.15) is 26.3 Å². The van der Waals surface area contributed by atoms with Gasteiger partial charge in [-0.3, -0.25) is 0 Å². The van der Waals surface area contributed by atoms with Crippen molar-refractivity contribution < 1.29 is 4.42 Å². The van der Waals surface area contributed by atoms with Gasteiger partial charge in [0.2, 0.25) is 5.89 Å². The third-order valence-electron chi connectivity index (χ3n) is 3.78. The second-order valence-electron chi connectivity index (χ2n) is 6.74. The number of amidine groups is 1. The van der Waals surface area contributed by atoms with Crippen LogP contribution in [0.5, 0.6) is 0 Å². The van der Waals surface area contributed by atoms with Crippen molar-refractivity contribution in [1.82, 2.24) is 4.98 Å². The first-order valence-electron chi connectivity index (χ1n) is 7.77. The van der Waals surface area contributed by atoms with Crippen molar-refractivity contribution in [3.63, 3.8) is 0 Å². The smallest absolute Gasteiger partial charge is 0.227 e. The van der Waals surface area contributed by atoms with Crippen LogP contribution < -0.4 is 5.73 Å². The molecule has 0 unspecified atom stereocenters. The van der Waals surface area contributed by atoms with Crippen molar-refractivity contribution in [1.29, 1.82) is 0 Å². The molecule has 0 radical (unpaired) electrons. The fraction of sp³-hybridized carbons (Fsp3) is 0.263. The summed E-state index contributed by atoms with van der Waals surface area (Å²) in [5.74, 6) is 1.16. The van der Waals surface area contributed by atoms with Gasteiger partial charge in [-0.2, -0.15) is 0 Å². The van der Waals surface area contributed by atoms with E-state index >= 15 is 0 Å². The average molecular weight is 342 g/mol. The molecule has 124 valence electrons.